The lowest BCUT2D eigenvalue weighted by Gasteiger charge is -2.10. The number of hydrogen-bond acceptors (Lipinski definition) is 5. The molecule has 0 atom stereocenters. The number of nitrogens with two attached hydrogens (primary N) is 1. The normalized spacial score (nSPS) is 10.5. The lowest BCUT2D eigenvalue weighted by atomic mass is 10.2. The van der Waals surface area contributed by atoms with E-state index in [-0.39, 0.29) is 0 Å². The highest BCUT2D eigenvalue weighted by atomic mass is 32.2. The van der Waals surface area contributed by atoms with Crippen LogP contribution < -0.4 is 15.2 Å². The fourth-order valence-electron chi connectivity index (χ4n) is 2.37. The summed E-state index contributed by atoms with van der Waals surface area (Å²) in [6.07, 6.45) is 0. The number of nitriles is 1. The van der Waals surface area contributed by atoms with Gasteiger partial charge in [0.1, 0.15) is 28.9 Å². The summed E-state index contributed by atoms with van der Waals surface area (Å²) in [5, 5.41) is 10.1. The summed E-state index contributed by atoms with van der Waals surface area (Å²) in [5.74, 6) is 1.92. The summed E-state index contributed by atoms with van der Waals surface area (Å²) in [7, 11) is 3.26. The zero-order valence-corrected chi connectivity index (χ0v) is 13.5. The van der Waals surface area contributed by atoms with Crippen LogP contribution in [0.1, 0.15) is 5.56 Å². The quantitative estimate of drug-likeness (QED) is 0.762. The number of anilines is 1. The maximum Gasteiger partial charge on any atom is 0.133 e. The third-order valence-corrected chi connectivity index (χ3v) is 4.54. The van der Waals surface area contributed by atoms with Gasteiger partial charge in [0, 0.05) is 15.8 Å². The first kappa shape index (κ1) is 15.1. The van der Waals surface area contributed by atoms with Crippen molar-refractivity contribution in [2.75, 3.05) is 20.0 Å². The first-order valence-electron chi connectivity index (χ1n) is 6.87. The van der Waals surface area contributed by atoms with Gasteiger partial charge in [-0.1, -0.05) is 11.8 Å². The molecule has 3 rings (SSSR count). The summed E-state index contributed by atoms with van der Waals surface area (Å²) >= 11 is 1.54. The van der Waals surface area contributed by atoms with E-state index in [1.807, 2.05) is 36.4 Å². The van der Waals surface area contributed by atoms with Crippen LogP contribution in [-0.4, -0.2) is 19.2 Å². The molecule has 0 aliphatic carbocycles. The number of nitrogen functional groups attached to an aromatic ring is 1. The van der Waals surface area contributed by atoms with Crippen molar-refractivity contribution >= 4 is 28.5 Å². The van der Waals surface area contributed by atoms with Crippen molar-refractivity contribution < 1.29 is 9.47 Å². The Morgan fingerprint density at radius 2 is 1.96 bits per heavy atom. The number of aromatic nitrogens is 1. The summed E-state index contributed by atoms with van der Waals surface area (Å²) in [5.41, 5.74) is 7.15. The van der Waals surface area contributed by atoms with Gasteiger partial charge in [-0.05, 0) is 36.4 Å². The number of hydrogen-bond donors (Lipinski definition) is 2. The number of rotatable bonds is 4. The Bertz CT molecular complexity index is 912. The first-order valence-corrected chi connectivity index (χ1v) is 7.69. The molecule has 0 amide bonds. The average molecular weight is 325 g/mol. The molecule has 5 nitrogen and oxygen atoms in total. The van der Waals surface area contributed by atoms with Gasteiger partial charge in [0.05, 0.1) is 19.1 Å². The van der Waals surface area contributed by atoms with Crippen molar-refractivity contribution in [1.82, 2.24) is 4.98 Å². The van der Waals surface area contributed by atoms with Gasteiger partial charge in [-0.3, -0.25) is 0 Å². The van der Waals surface area contributed by atoms with Crippen molar-refractivity contribution in [3.63, 3.8) is 0 Å². The minimum absolute atomic E-state index is 0.392. The molecule has 23 heavy (non-hydrogen) atoms. The number of H-pyrrole nitrogens is 1. The zero-order valence-electron chi connectivity index (χ0n) is 12.7. The van der Waals surface area contributed by atoms with Crippen LogP contribution in [0.4, 0.5) is 5.82 Å². The van der Waals surface area contributed by atoms with Crippen LogP contribution in [0.25, 0.3) is 10.9 Å². The molecule has 0 aliphatic heterocycles. The fraction of sp³-hybridized carbons (Fsp3) is 0.118. The Kier molecular flexibility index (Phi) is 4.04. The van der Waals surface area contributed by atoms with Gasteiger partial charge in [-0.2, -0.15) is 5.26 Å². The second-order valence-electron chi connectivity index (χ2n) is 4.85. The van der Waals surface area contributed by atoms with Crippen LogP contribution in [-0.2, 0) is 0 Å². The van der Waals surface area contributed by atoms with Crippen LogP contribution in [0.2, 0.25) is 0 Å². The molecule has 3 N–H and O–H groups in total. The average Bonchev–Trinajstić information content (AvgIpc) is 2.89. The van der Waals surface area contributed by atoms with Crippen LogP contribution >= 0.6 is 11.8 Å². The monoisotopic (exact) mass is 325 g/mol. The van der Waals surface area contributed by atoms with Crippen LogP contribution in [0.3, 0.4) is 0 Å². The molecule has 2 aromatic carbocycles. The van der Waals surface area contributed by atoms with E-state index in [1.165, 1.54) is 0 Å². The largest absolute Gasteiger partial charge is 0.497 e. The van der Waals surface area contributed by atoms with E-state index in [0.717, 1.165) is 32.2 Å². The molecule has 0 saturated heterocycles. The second-order valence-corrected chi connectivity index (χ2v) is 5.97. The van der Waals surface area contributed by atoms with Crippen LogP contribution in [0, 0.1) is 11.3 Å². The van der Waals surface area contributed by atoms with Gasteiger partial charge >= 0.3 is 0 Å². The molecular weight excluding hydrogens is 310 g/mol. The van der Waals surface area contributed by atoms with Crippen molar-refractivity contribution in [3.05, 3.63) is 42.0 Å². The minimum Gasteiger partial charge on any atom is -0.497 e. The van der Waals surface area contributed by atoms with Crippen LogP contribution in [0.5, 0.6) is 11.5 Å². The molecule has 0 spiro atoms. The maximum atomic E-state index is 9.24. The Hall–Kier alpha value is -2.78. The Balaban J connectivity index is 2.03. The molecule has 0 radical (unpaired) electrons. The van der Waals surface area contributed by atoms with E-state index in [2.05, 4.69) is 11.1 Å². The number of benzene rings is 2. The highest BCUT2D eigenvalue weighted by Gasteiger charge is 2.11. The molecule has 6 heteroatoms. The number of ether oxygens (including phenoxy) is 2. The number of methoxy groups -OCH3 is 2. The summed E-state index contributed by atoms with van der Waals surface area (Å²) in [6, 6.07) is 13.6. The molecule has 0 unspecified atom stereocenters. The molecule has 116 valence electrons. The lowest BCUT2D eigenvalue weighted by Crippen LogP contribution is -1.89. The molecule has 1 aromatic heterocycles. The highest BCUT2D eigenvalue weighted by molar-refractivity contribution is 7.99. The molecule has 1 heterocycles. The number of nitrogens with zero attached hydrogens (tertiary/aromatic N) is 1. The first-order chi connectivity index (χ1) is 11.2. The van der Waals surface area contributed by atoms with Gasteiger partial charge in [0.2, 0.25) is 0 Å². The van der Waals surface area contributed by atoms with E-state index >= 15 is 0 Å². The van der Waals surface area contributed by atoms with Crippen molar-refractivity contribution in [2.24, 2.45) is 0 Å². The third-order valence-electron chi connectivity index (χ3n) is 3.51. The Morgan fingerprint density at radius 1 is 1.13 bits per heavy atom. The van der Waals surface area contributed by atoms with Gasteiger partial charge in [0.25, 0.3) is 0 Å². The van der Waals surface area contributed by atoms with Crippen LogP contribution in [0.15, 0.2) is 46.2 Å². The maximum absolute atomic E-state index is 9.24. The van der Waals surface area contributed by atoms with Gasteiger partial charge in [-0.15, -0.1) is 0 Å². The smallest absolute Gasteiger partial charge is 0.133 e. The van der Waals surface area contributed by atoms with Crippen molar-refractivity contribution in [3.8, 4) is 17.6 Å². The van der Waals surface area contributed by atoms with Crippen molar-refractivity contribution in [1.29, 1.82) is 5.26 Å². The van der Waals surface area contributed by atoms with Gasteiger partial charge in [-0.25, -0.2) is 0 Å². The van der Waals surface area contributed by atoms with E-state index < -0.39 is 0 Å². The Morgan fingerprint density at radius 3 is 2.65 bits per heavy atom. The number of aromatic amines is 1. The minimum atomic E-state index is 0.392. The molecule has 0 fully saturated rings. The van der Waals surface area contributed by atoms with Gasteiger partial charge in [0.15, 0.2) is 0 Å². The lowest BCUT2D eigenvalue weighted by molar-refractivity contribution is 0.394. The van der Waals surface area contributed by atoms with E-state index in [4.69, 9.17) is 15.2 Å². The summed E-state index contributed by atoms with van der Waals surface area (Å²) in [4.78, 5) is 4.94. The predicted molar refractivity (Wildman–Crippen MR) is 91.1 cm³/mol. The van der Waals surface area contributed by atoms with E-state index in [0.29, 0.717) is 11.4 Å². The Labute approximate surface area is 138 Å². The van der Waals surface area contributed by atoms with Gasteiger partial charge < -0.3 is 20.2 Å². The molecule has 0 saturated carbocycles. The number of fused-ring (bicyclic) bond motifs is 1. The SMILES string of the molecule is COc1ccc(OC)c(Sc2ccc3[nH]c(N)c(C#N)c3c2)c1. The predicted octanol–water partition coefficient (Wildman–Crippen LogP) is 3.79. The molecular formula is C17H15N3O2S. The second kappa shape index (κ2) is 6.15. The van der Waals surface area contributed by atoms with Crippen molar-refractivity contribution in [2.45, 2.75) is 9.79 Å². The fourth-order valence-corrected chi connectivity index (χ4v) is 3.36. The highest BCUT2D eigenvalue weighted by Crippen LogP contribution is 2.39. The summed E-state index contributed by atoms with van der Waals surface area (Å²) in [6.45, 7) is 0. The standard InChI is InChI=1S/C17H15N3O2S/c1-21-10-3-6-15(22-2)16(7-10)23-11-4-5-14-12(8-11)13(9-18)17(19)20-14/h3-8,20H,19H2,1-2H3. The molecule has 0 aliphatic rings. The van der Waals surface area contributed by atoms with E-state index in [9.17, 15) is 5.26 Å². The third kappa shape index (κ3) is 2.79. The number of nitrogens with one attached hydrogen (secondary N) is 1. The molecule has 0 bridgehead atoms. The topological polar surface area (TPSA) is 84.1 Å². The van der Waals surface area contributed by atoms with E-state index in [1.54, 1.807) is 26.0 Å². The summed E-state index contributed by atoms with van der Waals surface area (Å²) < 4.78 is 10.7. The zero-order chi connectivity index (χ0) is 16.4. The molecule has 3 aromatic rings.